The molecule has 128 valence electrons. The second-order valence-electron chi connectivity index (χ2n) is 5.88. The third kappa shape index (κ3) is 4.68. The number of carbonyl (C=O) groups is 1. The Bertz CT molecular complexity index is 628. The van der Waals surface area contributed by atoms with Gasteiger partial charge < -0.3 is 10.5 Å². The number of nitrogens with two attached hydrogens (primary N) is 1. The molecule has 7 heteroatoms. The molecule has 3 N–H and O–H groups in total. The van der Waals surface area contributed by atoms with Gasteiger partial charge in [-0.05, 0) is 37.0 Å². The molecule has 1 aliphatic rings. The lowest BCUT2D eigenvalue weighted by atomic mass is 9.89. The quantitative estimate of drug-likeness (QED) is 0.603. The molecule has 1 aromatic rings. The summed E-state index contributed by atoms with van der Waals surface area (Å²) in [5.74, 6) is -0.999. The molecule has 0 saturated heterocycles. The van der Waals surface area contributed by atoms with Crippen LogP contribution in [-0.4, -0.2) is 33.3 Å². The first-order chi connectivity index (χ1) is 10.9. The van der Waals surface area contributed by atoms with Gasteiger partial charge >= 0.3 is 5.97 Å². The highest BCUT2D eigenvalue weighted by Gasteiger charge is 2.39. The number of sulfonamides is 1. The van der Waals surface area contributed by atoms with Crippen molar-refractivity contribution in [3.05, 3.63) is 29.8 Å². The number of hydrogen-bond donors (Lipinski definition) is 2. The van der Waals surface area contributed by atoms with Gasteiger partial charge in [-0.25, -0.2) is 13.1 Å². The van der Waals surface area contributed by atoms with Crippen LogP contribution in [-0.2, 0) is 26.0 Å². The molecule has 0 radical (unpaired) electrons. The number of anilines is 1. The van der Waals surface area contributed by atoms with Crippen molar-refractivity contribution in [3.63, 3.8) is 0 Å². The predicted octanol–water partition coefficient (Wildman–Crippen LogP) is 1.46. The number of methoxy groups -OCH3 is 1. The molecule has 1 aliphatic carbocycles. The van der Waals surface area contributed by atoms with E-state index in [0.29, 0.717) is 31.5 Å². The number of benzene rings is 1. The second kappa shape index (κ2) is 7.79. The first-order valence-electron chi connectivity index (χ1n) is 7.85. The Morgan fingerprint density at radius 2 is 1.91 bits per heavy atom. The van der Waals surface area contributed by atoms with Crippen molar-refractivity contribution in [3.8, 4) is 0 Å². The van der Waals surface area contributed by atoms with Gasteiger partial charge in [-0.15, -0.1) is 0 Å². The maximum absolute atomic E-state index is 12.5. The Hall–Kier alpha value is -1.60. The number of carbonyl (C=O) groups excluding carboxylic acids is 1. The van der Waals surface area contributed by atoms with Gasteiger partial charge in [0.2, 0.25) is 10.0 Å². The molecule has 6 nitrogen and oxygen atoms in total. The topological polar surface area (TPSA) is 98.5 Å². The standard InChI is InChI=1S/C16H24N2O4S/c1-22-16(19)14-4-2-3-5-15(14)23(20,21)18-11-10-12-6-8-13(17)9-7-12/h6-9,14-15,18H,2-5,10-11,17H2,1H3/t14-,15+/m1/s1. The molecule has 0 amide bonds. The highest BCUT2D eigenvalue weighted by molar-refractivity contribution is 7.90. The number of nitrogens with one attached hydrogen (secondary N) is 1. The van der Waals surface area contributed by atoms with E-state index < -0.39 is 27.2 Å². The van der Waals surface area contributed by atoms with Crippen LogP contribution in [0.3, 0.4) is 0 Å². The van der Waals surface area contributed by atoms with Gasteiger partial charge in [0.25, 0.3) is 0 Å². The van der Waals surface area contributed by atoms with Crippen molar-refractivity contribution < 1.29 is 17.9 Å². The van der Waals surface area contributed by atoms with Crippen LogP contribution in [0.2, 0.25) is 0 Å². The molecular weight excluding hydrogens is 316 g/mol. The molecule has 23 heavy (non-hydrogen) atoms. The Labute approximate surface area is 137 Å². The SMILES string of the molecule is COC(=O)[C@@H]1CCCC[C@@H]1S(=O)(=O)NCCc1ccc(N)cc1. The maximum atomic E-state index is 12.5. The molecule has 1 aromatic carbocycles. The Kier molecular flexibility index (Phi) is 6.01. The van der Waals surface area contributed by atoms with Gasteiger partial charge in [0, 0.05) is 12.2 Å². The Balaban J connectivity index is 1.96. The van der Waals surface area contributed by atoms with Gasteiger partial charge in [-0.3, -0.25) is 4.79 Å². The minimum absolute atomic E-state index is 0.302. The number of ether oxygens (including phenoxy) is 1. The summed E-state index contributed by atoms with van der Waals surface area (Å²) in [5, 5.41) is -0.699. The molecule has 0 heterocycles. The van der Waals surface area contributed by atoms with E-state index >= 15 is 0 Å². The average Bonchev–Trinajstić information content (AvgIpc) is 2.56. The largest absolute Gasteiger partial charge is 0.469 e. The summed E-state index contributed by atoms with van der Waals surface area (Å²) in [6, 6.07) is 7.33. The summed E-state index contributed by atoms with van der Waals surface area (Å²) in [4.78, 5) is 11.8. The lowest BCUT2D eigenvalue weighted by molar-refractivity contribution is -0.146. The van der Waals surface area contributed by atoms with Crippen molar-refractivity contribution in [1.29, 1.82) is 0 Å². The minimum Gasteiger partial charge on any atom is -0.469 e. The lowest BCUT2D eigenvalue weighted by Crippen LogP contribution is -2.44. The van der Waals surface area contributed by atoms with Gasteiger partial charge in [0.15, 0.2) is 0 Å². The molecule has 0 bridgehead atoms. The van der Waals surface area contributed by atoms with E-state index in [9.17, 15) is 13.2 Å². The third-order valence-electron chi connectivity index (χ3n) is 4.30. The fourth-order valence-corrected chi connectivity index (χ4v) is 4.78. The van der Waals surface area contributed by atoms with Crippen LogP contribution >= 0.6 is 0 Å². The molecule has 0 spiro atoms. The monoisotopic (exact) mass is 340 g/mol. The van der Waals surface area contributed by atoms with Crippen LogP contribution in [0.25, 0.3) is 0 Å². The molecule has 1 saturated carbocycles. The molecular formula is C16H24N2O4S. The van der Waals surface area contributed by atoms with Crippen LogP contribution in [0.15, 0.2) is 24.3 Å². The van der Waals surface area contributed by atoms with Crippen LogP contribution < -0.4 is 10.5 Å². The number of rotatable bonds is 6. The minimum atomic E-state index is -3.54. The van der Waals surface area contributed by atoms with Crippen molar-refractivity contribution in [2.24, 2.45) is 5.92 Å². The van der Waals surface area contributed by atoms with Crippen LogP contribution in [0.4, 0.5) is 5.69 Å². The van der Waals surface area contributed by atoms with Crippen molar-refractivity contribution in [1.82, 2.24) is 4.72 Å². The van der Waals surface area contributed by atoms with E-state index in [4.69, 9.17) is 10.5 Å². The van der Waals surface area contributed by atoms with Crippen LogP contribution in [0.5, 0.6) is 0 Å². The van der Waals surface area contributed by atoms with Gasteiger partial charge in [-0.1, -0.05) is 25.0 Å². The summed E-state index contributed by atoms with van der Waals surface area (Å²) in [7, 11) is -2.24. The first-order valence-corrected chi connectivity index (χ1v) is 9.39. The maximum Gasteiger partial charge on any atom is 0.310 e. The Morgan fingerprint density at radius 3 is 2.57 bits per heavy atom. The summed E-state index contributed by atoms with van der Waals surface area (Å²) in [6.07, 6.45) is 3.32. The fraction of sp³-hybridized carbons (Fsp3) is 0.562. The highest BCUT2D eigenvalue weighted by Crippen LogP contribution is 2.30. The van der Waals surface area contributed by atoms with Crippen molar-refractivity contribution in [2.45, 2.75) is 37.4 Å². The first kappa shape index (κ1) is 17.7. The van der Waals surface area contributed by atoms with E-state index in [1.165, 1.54) is 7.11 Å². The zero-order valence-electron chi connectivity index (χ0n) is 13.3. The van der Waals surface area contributed by atoms with E-state index in [1.807, 2.05) is 12.1 Å². The third-order valence-corrected chi connectivity index (χ3v) is 6.27. The van der Waals surface area contributed by atoms with E-state index in [2.05, 4.69) is 4.72 Å². The van der Waals surface area contributed by atoms with E-state index in [1.54, 1.807) is 12.1 Å². The number of esters is 1. The summed E-state index contributed by atoms with van der Waals surface area (Å²) in [5.41, 5.74) is 7.31. The number of nitrogen functional groups attached to an aromatic ring is 1. The molecule has 1 fully saturated rings. The number of hydrogen-bond acceptors (Lipinski definition) is 5. The van der Waals surface area contributed by atoms with E-state index in [0.717, 1.165) is 18.4 Å². The van der Waals surface area contributed by atoms with Gasteiger partial charge in [0.1, 0.15) is 0 Å². The fourth-order valence-electron chi connectivity index (χ4n) is 3.02. The summed E-state index contributed by atoms with van der Waals surface area (Å²) < 4.78 is 32.4. The molecule has 0 unspecified atom stereocenters. The van der Waals surface area contributed by atoms with E-state index in [-0.39, 0.29) is 0 Å². The second-order valence-corrected chi connectivity index (χ2v) is 7.87. The zero-order valence-corrected chi connectivity index (χ0v) is 14.1. The summed E-state index contributed by atoms with van der Waals surface area (Å²) >= 11 is 0. The van der Waals surface area contributed by atoms with Gasteiger partial charge in [-0.2, -0.15) is 0 Å². The van der Waals surface area contributed by atoms with Crippen molar-refractivity contribution >= 4 is 21.7 Å². The normalized spacial score (nSPS) is 21.8. The average molecular weight is 340 g/mol. The summed E-state index contributed by atoms with van der Waals surface area (Å²) in [6.45, 7) is 0.302. The zero-order chi connectivity index (χ0) is 16.9. The van der Waals surface area contributed by atoms with Crippen molar-refractivity contribution in [2.75, 3.05) is 19.4 Å². The highest BCUT2D eigenvalue weighted by atomic mass is 32.2. The molecule has 0 aliphatic heterocycles. The molecule has 2 atom stereocenters. The lowest BCUT2D eigenvalue weighted by Gasteiger charge is -2.29. The van der Waals surface area contributed by atoms with Crippen LogP contribution in [0, 0.1) is 5.92 Å². The smallest absolute Gasteiger partial charge is 0.310 e. The molecule has 2 rings (SSSR count). The predicted molar refractivity (Wildman–Crippen MR) is 89.2 cm³/mol. The molecule has 0 aromatic heterocycles. The Morgan fingerprint density at radius 1 is 1.26 bits per heavy atom. The van der Waals surface area contributed by atoms with Crippen LogP contribution in [0.1, 0.15) is 31.2 Å². The van der Waals surface area contributed by atoms with Gasteiger partial charge in [0.05, 0.1) is 18.3 Å².